The van der Waals surface area contributed by atoms with Gasteiger partial charge in [0.2, 0.25) is 5.91 Å². The first kappa shape index (κ1) is 23.6. The second-order valence-electron chi connectivity index (χ2n) is 7.88. The Hall–Kier alpha value is -4.52. The first-order valence-electron chi connectivity index (χ1n) is 11.4. The molecule has 1 aromatic heterocycles. The van der Waals surface area contributed by atoms with E-state index in [1.807, 2.05) is 42.5 Å². The smallest absolute Gasteiger partial charge is 0.291 e. The van der Waals surface area contributed by atoms with E-state index in [-0.39, 0.29) is 24.1 Å². The fraction of sp³-hybridized carbons (Fsp3) is 0.143. The molecule has 2 amide bonds. The lowest BCUT2D eigenvalue weighted by Gasteiger charge is -2.11. The number of rotatable bonds is 11. The molecular formula is C28H27N3O4. The number of furan rings is 1. The predicted octanol–water partition coefficient (Wildman–Crippen LogP) is 5.59. The summed E-state index contributed by atoms with van der Waals surface area (Å²) >= 11 is 0. The van der Waals surface area contributed by atoms with Crippen LogP contribution in [0.4, 0.5) is 17.1 Å². The van der Waals surface area contributed by atoms with E-state index in [1.54, 1.807) is 36.4 Å². The zero-order valence-corrected chi connectivity index (χ0v) is 19.2. The number of hydrogen-bond acceptors (Lipinski definition) is 5. The number of aryl methyl sites for hydroxylation is 1. The molecule has 0 fully saturated rings. The monoisotopic (exact) mass is 469 g/mol. The van der Waals surface area contributed by atoms with E-state index in [0.717, 1.165) is 24.3 Å². The Morgan fingerprint density at radius 1 is 0.771 bits per heavy atom. The Balaban J connectivity index is 1.18. The number of benzene rings is 3. The minimum absolute atomic E-state index is 0.0975. The maximum atomic E-state index is 12.4. The van der Waals surface area contributed by atoms with Crippen molar-refractivity contribution >= 4 is 28.9 Å². The highest BCUT2D eigenvalue weighted by Gasteiger charge is 2.09. The van der Waals surface area contributed by atoms with E-state index in [0.29, 0.717) is 18.0 Å². The van der Waals surface area contributed by atoms with Gasteiger partial charge in [0, 0.05) is 17.1 Å². The van der Waals surface area contributed by atoms with Crippen molar-refractivity contribution in [2.75, 3.05) is 29.1 Å². The van der Waals surface area contributed by atoms with Gasteiger partial charge in [-0.25, -0.2) is 0 Å². The summed E-state index contributed by atoms with van der Waals surface area (Å²) in [5.41, 5.74) is 3.25. The second kappa shape index (κ2) is 12.1. The molecule has 3 aromatic carbocycles. The summed E-state index contributed by atoms with van der Waals surface area (Å²) in [6.07, 6.45) is 3.36. The average Bonchev–Trinajstić information content (AvgIpc) is 3.42. The van der Waals surface area contributed by atoms with Crippen molar-refractivity contribution in [1.82, 2.24) is 0 Å². The fourth-order valence-electron chi connectivity index (χ4n) is 3.44. The van der Waals surface area contributed by atoms with Crippen LogP contribution in [0.15, 0.2) is 102 Å². The molecule has 0 saturated heterocycles. The summed E-state index contributed by atoms with van der Waals surface area (Å²) in [6.45, 7) is 0.741. The average molecular weight is 470 g/mol. The highest BCUT2D eigenvalue weighted by molar-refractivity contribution is 6.02. The lowest BCUT2D eigenvalue weighted by molar-refractivity contribution is -0.114. The van der Waals surface area contributed by atoms with Crippen LogP contribution >= 0.6 is 0 Å². The number of nitrogens with one attached hydrogen (secondary N) is 3. The van der Waals surface area contributed by atoms with Crippen LogP contribution in [-0.4, -0.2) is 25.0 Å². The maximum Gasteiger partial charge on any atom is 0.291 e. The summed E-state index contributed by atoms with van der Waals surface area (Å²) in [5.74, 6) is 0.443. The van der Waals surface area contributed by atoms with Gasteiger partial charge in [-0.2, -0.15) is 0 Å². The topological polar surface area (TPSA) is 92.6 Å². The molecule has 0 atom stereocenters. The van der Waals surface area contributed by atoms with Gasteiger partial charge in [0.1, 0.15) is 5.75 Å². The predicted molar refractivity (Wildman–Crippen MR) is 137 cm³/mol. The lowest BCUT2D eigenvalue weighted by Crippen LogP contribution is -2.21. The number of anilines is 3. The van der Waals surface area contributed by atoms with Crippen LogP contribution in [0.2, 0.25) is 0 Å². The van der Waals surface area contributed by atoms with E-state index < -0.39 is 0 Å². The van der Waals surface area contributed by atoms with Gasteiger partial charge in [-0.15, -0.1) is 0 Å². The third kappa shape index (κ3) is 7.50. The molecule has 0 aliphatic rings. The van der Waals surface area contributed by atoms with Gasteiger partial charge in [-0.3, -0.25) is 9.59 Å². The van der Waals surface area contributed by atoms with Crippen molar-refractivity contribution in [2.24, 2.45) is 0 Å². The summed E-state index contributed by atoms with van der Waals surface area (Å²) < 4.78 is 10.9. The summed E-state index contributed by atoms with van der Waals surface area (Å²) in [6, 6.07) is 28.0. The first-order chi connectivity index (χ1) is 17.2. The molecule has 4 rings (SSSR count). The zero-order valence-electron chi connectivity index (χ0n) is 19.2. The molecule has 0 aliphatic carbocycles. The van der Waals surface area contributed by atoms with Crippen LogP contribution in [0.3, 0.4) is 0 Å². The molecule has 0 spiro atoms. The van der Waals surface area contributed by atoms with Crippen LogP contribution in [-0.2, 0) is 11.2 Å². The molecule has 7 heteroatoms. The van der Waals surface area contributed by atoms with Crippen LogP contribution in [0.25, 0.3) is 0 Å². The largest absolute Gasteiger partial charge is 0.494 e. The second-order valence-corrected chi connectivity index (χ2v) is 7.88. The molecular weight excluding hydrogens is 442 g/mol. The Morgan fingerprint density at radius 3 is 2.29 bits per heavy atom. The number of carbonyl (C=O) groups is 2. The minimum Gasteiger partial charge on any atom is -0.494 e. The summed E-state index contributed by atoms with van der Waals surface area (Å²) in [7, 11) is 0. The first-order valence-corrected chi connectivity index (χ1v) is 11.4. The van der Waals surface area contributed by atoms with Crippen molar-refractivity contribution in [3.63, 3.8) is 0 Å². The lowest BCUT2D eigenvalue weighted by atomic mass is 10.1. The van der Waals surface area contributed by atoms with E-state index in [1.165, 1.54) is 11.8 Å². The van der Waals surface area contributed by atoms with Gasteiger partial charge in [0.05, 0.1) is 19.4 Å². The molecule has 0 unspecified atom stereocenters. The van der Waals surface area contributed by atoms with Gasteiger partial charge in [0.25, 0.3) is 5.91 Å². The van der Waals surface area contributed by atoms with Crippen LogP contribution in [0.5, 0.6) is 5.75 Å². The zero-order chi connectivity index (χ0) is 24.3. The third-order valence-corrected chi connectivity index (χ3v) is 5.18. The van der Waals surface area contributed by atoms with Gasteiger partial charge < -0.3 is 25.1 Å². The van der Waals surface area contributed by atoms with Crippen molar-refractivity contribution in [3.8, 4) is 5.75 Å². The number of amides is 2. The Labute approximate surface area is 204 Å². The number of hydrogen-bond donors (Lipinski definition) is 3. The van der Waals surface area contributed by atoms with Crippen LogP contribution < -0.4 is 20.7 Å². The summed E-state index contributed by atoms with van der Waals surface area (Å²) in [4.78, 5) is 24.5. The molecule has 0 aliphatic heterocycles. The normalized spacial score (nSPS) is 10.4. The molecule has 0 bridgehead atoms. The highest BCUT2D eigenvalue weighted by Crippen LogP contribution is 2.18. The van der Waals surface area contributed by atoms with Crippen molar-refractivity contribution in [1.29, 1.82) is 0 Å². The molecule has 4 aromatic rings. The summed E-state index contributed by atoms with van der Waals surface area (Å²) in [5, 5.41) is 8.65. The third-order valence-electron chi connectivity index (χ3n) is 5.18. The van der Waals surface area contributed by atoms with Crippen molar-refractivity contribution in [2.45, 2.75) is 12.8 Å². The van der Waals surface area contributed by atoms with E-state index in [4.69, 9.17) is 9.15 Å². The van der Waals surface area contributed by atoms with E-state index in [2.05, 4.69) is 28.1 Å². The molecule has 0 radical (unpaired) electrons. The van der Waals surface area contributed by atoms with E-state index in [9.17, 15) is 9.59 Å². The fourth-order valence-corrected chi connectivity index (χ4v) is 3.44. The van der Waals surface area contributed by atoms with Crippen molar-refractivity contribution in [3.05, 3.63) is 109 Å². The van der Waals surface area contributed by atoms with Gasteiger partial charge in [0.15, 0.2) is 5.76 Å². The Bertz CT molecular complexity index is 1220. The SMILES string of the molecule is O=C(CNc1ccc(OCCCc2ccccc2)cc1)Nc1cccc(NC(=O)c2ccco2)c1. The van der Waals surface area contributed by atoms with Gasteiger partial charge >= 0.3 is 0 Å². The number of carbonyl (C=O) groups excluding carboxylic acids is 2. The molecule has 0 saturated carbocycles. The molecule has 1 heterocycles. The quantitative estimate of drug-likeness (QED) is 0.249. The van der Waals surface area contributed by atoms with Gasteiger partial charge in [-0.05, 0) is 73.0 Å². The molecule has 178 valence electrons. The van der Waals surface area contributed by atoms with E-state index >= 15 is 0 Å². The Kier molecular flexibility index (Phi) is 8.16. The molecule has 3 N–H and O–H groups in total. The highest BCUT2D eigenvalue weighted by atomic mass is 16.5. The molecule has 7 nitrogen and oxygen atoms in total. The minimum atomic E-state index is -0.358. The van der Waals surface area contributed by atoms with Crippen LogP contribution in [0, 0.1) is 0 Å². The standard InChI is InChI=1S/C28H27N3O4/c32-27(30-23-10-4-11-24(19-23)31-28(33)26-12-6-18-35-26)20-29-22-13-15-25(16-14-22)34-17-5-9-21-7-2-1-3-8-21/h1-4,6-8,10-16,18-19,29H,5,9,17,20H2,(H,30,32)(H,31,33). The molecule has 35 heavy (non-hydrogen) atoms. The Morgan fingerprint density at radius 2 is 1.54 bits per heavy atom. The maximum absolute atomic E-state index is 12.4. The van der Waals surface area contributed by atoms with Gasteiger partial charge in [-0.1, -0.05) is 36.4 Å². The van der Waals surface area contributed by atoms with Crippen molar-refractivity contribution < 1.29 is 18.7 Å². The van der Waals surface area contributed by atoms with Crippen LogP contribution in [0.1, 0.15) is 22.5 Å². The number of ether oxygens (including phenoxy) is 1.